The second-order valence-corrected chi connectivity index (χ2v) is 1.41. The van der Waals surface area contributed by atoms with E-state index in [4.69, 9.17) is 9.47 Å². The Kier molecular flexibility index (Phi) is 84.9. The van der Waals surface area contributed by atoms with Crippen LogP contribution in [-0.2, 0) is 210 Å². The molecule has 6 radical (unpaired) electrons. The van der Waals surface area contributed by atoms with Gasteiger partial charge in [-0.25, -0.2) is 7.11 Å². The predicted molar refractivity (Wildman–Crippen MR) is 28.9 cm³/mol. The summed E-state index contributed by atoms with van der Waals surface area (Å²) < 4.78 is 14.0. The molecule has 0 rings (SSSR count). The fourth-order valence-corrected chi connectivity index (χ4v) is 0.201. The SMILES string of the molecule is [CH2-]OC(C)(OC)OC.[Y].[Y].[Y].[Y].[Y].[Y]. The number of methoxy groups -OCH3 is 2. The topological polar surface area (TPSA) is 27.7 Å². The van der Waals surface area contributed by atoms with E-state index in [1.165, 1.54) is 14.2 Å². The van der Waals surface area contributed by atoms with Crippen molar-refractivity contribution in [2.45, 2.75) is 12.9 Å². The monoisotopic (exact) mass is 653 g/mol. The van der Waals surface area contributed by atoms with Crippen LogP contribution in [0.15, 0.2) is 0 Å². The molecule has 0 aliphatic carbocycles. The molecule has 0 aromatic rings. The van der Waals surface area contributed by atoms with Crippen molar-refractivity contribution >= 4 is 0 Å². The Morgan fingerprint density at radius 3 is 1.00 bits per heavy atom. The van der Waals surface area contributed by atoms with Gasteiger partial charge in [0.25, 0.3) is 0 Å². The minimum Gasteiger partial charge on any atom is -0.509 e. The zero-order chi connectivity index (χ0) is 6.62. The van der Waals surface area contributed by atoms with Crippen LogP contribution in [0.1, 0.15) is 6.92 Å². The molecule has 0 spiro atoms. The number of rotatable bonds is 3. The van der Waals surface area contributed by atoms with Crippen LogP contribution >= 0.6 is 0 Å². The molecule has 0 unspecified atom stereocenters. The molecule has 0 aromatic carbocycles. The Morgan fingerprint density at radius 2 is 1.00 bits per heavy atom. The summed E-state index contributed by atoms with van der Waals surface area (Å²) in [4.78, 5) is 0. The van der Waals surface area contributed by atoms with Crippen LogP contribution in [0.2, 0.25) is 0 Å². The van der Waals surface area contributed by atoms with E-state index < -0.39 is 5.97 Å². The van der Waals surface area contributed by atoms with Crippen LogP contribution < -0.4 is 0 Å². The fraction of sp³-hybridized carbons (Fsp3) is 0.800. The van der Waals surface area contributed by atoms with Crippen LogP contribution in [0, 0.1) is 7.11 Å². The van der Waals surface area contributed by atoms with E-state index in [1.807, 2.05) is 0 Å². The van der Waals surface area contributed by atoms with Gasteiger partial charge in [0.1, 0.15) is 0 Å². The van der Waals surface area contributed by atoms with E-state index in [-0.39, 0.29) is 196 Å². The maximum Gasteiger partial charge on any atom is 0.249 e. The first-order chi connectivity index (χ1) is 3.68. The van der Waals surface area contributed by atoms with E-state index in [2.05, 4.69) is 11.8 Å². The third-order valence-corrected chi connectivity index (χ3v) is 1.00. The molecule has 0 bridgehead atoms. The van der Waals surface area contributed by atoms with Crippen molar-refractivity contribution in [3.63, 3.8) is 0 Å². The predicted octanol–water partition coefficient (Wildman–Crippen LogP) is 0.746. The Balaban J connectivity index is -0.0000000163. The third-order valence-electron chi connectivity index (χ3n) is 1.00. The third kappa shape index (κ3) is 23.6. The molecule has 14 heavy (non-hydrogen) atoms. The van der Waals surface area contributed by atoms with Crippen LogP contribution in [0.25, 0.3) is 0 Å². The second-order valence-electron chi connectivity index (χ2n) is 1.41. The molecule has 0 aliphatic heterocycles. The van der Waals surface area contributed by atoms with Gasteiger partial charge in [0.15, 0.2) is 0 Å². The maximum absolute atomic E-state index is 4.73. The molecule has 0 N–H and O–H groups in total. The van der Waals surface area contributed by atoms with Gasteiger partial charge in [0.2, 0.25) is 5.97 Å². The summed E-state index contributed by atoms with van der Waals surface area (Å²) in [5, 5.41) is 0. The van der Waals surface area contributed by atoms with Gasteiger partial charge in [-0.2, -0.15) is 0 Å². The zero-order valence-electron chi connectivity index (χ0n) is 8.90. The maximum atomic E-state index is 4.73. The summed E-state index contributed by atoms with van der Waals surface area (Å²) in [6.45, 7) is 1.62. The minimum atomic E-state index is -0.986. The Bertz CT molecular complexity index is 64.2. The average Bonchev–Trinajstić information content (AvgIpc) is 1.87. The van der Waals surface area contributed by atoms with Crippen molar-refractivity contribution in [1.82, 2.24) is 0 Å². The first-order valence-electron chi connectivity index (χ1n) is 2.22. The van der Waals surface area contributed by atoms with Crippen LogP contribution in [0.3, 0.4) is 0 Å². The van der Waals surface area contributed by atoms with E-state index >= 15 is 0 Å². The Morgan fingerprint density at radius 1 is 0.786 bits per heavy atom. The molecule has 9 heteroatoms. The summed E-state index contributed by atoms with van der Waals surface area (Å²) in [7, 11) is 6.11. The van der Waals surface area contributed by atoms with Gasteiger partial charge < -0.3 is 14.2 Å². The quantitative estimate of drug-likeness (QED) is 0.333. The molecule has 0 aliphatic rings. The van der Waals surface area contributed by atoms with E-state index in [0.717, 1.165) is 0 Å². The van der Waals surface area contributed by atoms with E-state index in [9.17, 15) is 0 Å². The first kappa shape index (κ1) is 42.8. The summed E-state index contributed by atoms with van der Waals surface area (Å²) >= 11 is 0. The number of ether oxygens (including phenoxy) is 3. The van der Waals surface area contributed by atoms with Crippen molar-refractivity contribution in [3.8, 4) is 0 Å². The van der Waals surface area contributed by atoms with Crippen molar-refractivity contribution in [2.75, 3.05) is 14.2 Å². The van der Waals surface area contributed by atoms with Crippen LogP contribution in [0.4, 0.5) is 0 Å². The summed E-state index contributed by atoms with van der Waals surface area (Å²) in [5.74, 6) is -0.986. The van der Waals surface area contributed by atoms with Crippen LogP contribution in [-0.4, -0.2) is 20.2 Å². The van der Waals surface area contributed by atoms with Crippen molar-refractivity contribution in [1.29, 1.82) is 0 Å². The van der Waals surface area contributed by atoms with Gasteiger partial charge in [0.05, 0.1) is 0 Å². The van der Waals surface area contributed by atoms with Crippen molar-refractivity contribution in [2.24, 2.45) is 0 Å². The van der Waals surface area contributed by atoms with Gasteiger partial charge in [-0.3, -0.25) is 0 Å². The molecule has 0 aromatic heterocycles. The van der Waals surface area contributed by atoms with Gasteiger partial charge >= 0.3 is 0 Å². The molecule has 0 amide bonds. The minimum absolute atomic E-state index is 0. The van der Waals surface area contributed by atoms with E-state index in [0.29, 0.717) is 0 Å². The molecular formula is C5H11O3Y6-. The average molecular weight is 653 g/mol. The molecule has 0 atom stereocenters. The van der Waals surface area contributed by atoms with Crippen molar-refractivity contribution in [3.05, 3.63) is 7.11 Å². The second kappa shape index (κ2) is 27.8. The molecule has 0 heterocycles. The summed E-state index contributed by atoms with van der Waals surface area (Å²) in [5.41, 5.74) is 0. The van der Waals surface area contributed by atoms with Gasteiger partial charge in [-0.05, 0) is 0 Å². The van der Waals surface area contributed by atoms with Crippen LogP contribution in [0.5, 0.6) is 0 Å². The molecule has 3 nitrogen and oxygen atoms in total. The first-order valence-corrected chi connectivity index (χ1v) is 2.22. The Labute approximate surface area is 238 Å². The van der Waals surface area contributed by atoms with E-state index in [1.54, 1.807) is 6.92 Å². The number of hydrogen-bond acceptors (Lipinski definition) is 3. The fourth-order valence-electron chi connectivity index (χ4n) is 0.201. The van der Waals surface area contributed by atoms with Gasteiger partial charge in [-0.1, -0.05) is 0 Å². The van der Waals surface area contributed by atoms with Gasteiger partial charge in [0, 0.05) is 217 Å². The standard InChI is InChI=1S/C5H11O3.6Y/c1-5(6-2,7-3)8-4;;;;;;/h2H2,1,3-4H3;;;;;;/q-1;;;;;;. The van der Waals surface area contributed by atoms with Gasteiger partial charge in [-0.15, -0.1) is 0 Å². The normalized spacial score (nSPS) is 6.86. The molecule has 0 saturated carbocycles. The number of hydrogen-bond donors (Lipinski definition) is 0. The summed E-state index contributed by atoms with van der Waals surface area (Å²) in [6.07, 6.45) is 0. The zero-order valence-corrected chi connectivity index (χ0v) is 25.9. The molecular weight excluding hydrogens is 641 g/mol. The van der Waals surface area contributed by atoms with Crippen molar-refractivity contribution < 1.29 is 210 Å². The molecule has 0 saturated heterocycles. The molecule has 0 fully saturated rings. The molecule has 68 valence electrons. The smallest absolute Gasteiger partial charge is 0.249 e. The largest absolute Gasteiger partial charge is 0.509 e. The Hall–Kier alpha value is 6.50. The summed E-state index contributed by atoms with van der Waals surface area (Å²) in [6, 6.07) is 0.